The molecule has 2 bridgehead atoms. The molecule has 6 aliphatic carbocycles. The van der Waals surface area contributed by atoms with Gasteiger partial charge in [0.15, 0.2) is 17.5 Å². The van der Waals surface area contributed by atoms with Gasteiger partial charge in [-0.15, -0.1) is 0 Å². The molecule has 6 fully saturated rings. The van der Waals surface area contributed by atoms with Crippen molar-refractivity contribution >= 4 is 11.6 Å². The fourth-order valence-electron chi connectivity index (χ4n) is 7.99. The summed E-state index contributed by atoms with van der Waals surface area (Å²) < 4.78 is 27.0. The van der Waals surface area contributed by atoms with Gasteiger partial charge in [-0.2, -0.15) is 4.98 Å². The lowest BCUT2D eigenvalue weighted by Gasteiger charge is -2.56. The first kappa shape index (κ1) is 26.6. The molecule has 0 aliphatic heterocycles. The average Bonchev–Trinajstić information content (AvgIpc) is 3.94. The van der Waals surface area contributed by atoms with Crippen LogP contribution in [0.3, 0.4) is 0 Å². The van der Waals surface area contributed by atoms with Gasteiger partial charge >= 0.3 is 0 Å². The number of carbonyl (C=O) groups excluding carboxylic acids is 1. The molecule has 42 heavy (non-hydrogen) atoms. The lowest BCUT2D eigenvalue weighted by Crippen LogP contribution is -2.56. The topological polar surface area (TPSA) is 85.3 Å². The van der Waals surface area contributed by atoms with E-state index in [9.17, 15) is 4.79 Å². The van der Waals surface area contributed by atoms with E-state index in [2.05, 4.69) is 23.1 Å². The Hall–Kier alpha value is -3.03. The highest BCUT2D eigenvalue weighted by atomic mass is 19.1. The van der Waals surface area contributed by atoms with Crippen LogP contribution in [0.25, 0.3) is 11.3 Å². The van der Waals surface area contributed by atoms with E-state index in [1.54, 1.807) is 6.20 Å². The van der Waals surface area contributed by atoms with Crippen LogP contribution in [-0.2, 0) is 10.2 Å². The molecule has 8 heteroatoms. The molecule has 1 atom stereocenters. The molecule has 3 aromatic rings. The fourth-order valence-corrected chi connectivity index (χ4v) is 7.99. The van der Waals surface area contributed by atoms with Gasteiger partial charge in [0.2, 0.25) is 11.8 Å². The van der Waals surface area contributed by atoms with Crippen LogP contribution in [0.2, 0.25) is 0 Å². The van der Waals surface area contributed by atoms with Crippen molar-refractivity contribution in [1.29, 1.82) is 0 Å². The number of amides is 1. The van der Waals surface area contributed by atoms with Crippen molar-refractivity contribution in [2.24, 2.45) is 5.41 Å². The van der Waals surface area contributed by atoms with Gasteiger partial charge < -0.3 is 13.8 Å². The van der Waals surface area contributed by atoms with Gasteiger partial charge in [0, 0.05) is 41.0 Å². The molecule has 1 aromatic carbocycles. The quantitative estimate of drug-likeness (QED) is 0.244. The molecule has 6 saturated carbocycles. The molecular formula is C34H41FN4O3. The van der Waals surface area contributed by atoms with Crippen LogP contribution in [0.1, 0.15) is 133 Å². The Bertz CT molecular complexity index is 1460. The van der Waals surface area contributed by atoms with E-state index < -0.39 is 5.67 Å². The molecule has 9 rings (SSSR count). The van der Waals surface area contributed by atoms with Crippen molar-refractivity contribution in [2.45, 2.75) is 132 Å². The van der Waals surface area contributed by atoms with E-state index >= 15 is 4.39 Å². The number of rotatable bonds is 10. The summed E-state index contributed by atoms with van der Waals surface area (Å²) in [7, 11) is 0. The van der Waals surface area contributed by atoms with Gasteiger partial charge in [0.1, 0.15) is 5.67 Å². The first-order valence-corrected chi connectivity index (χ1v) is 16.3. The zero-order valence-electron chi connectivity index (χ0n) is 24.6. The summed E-state index contributed by atoms with van der Waals surface area (Å²) >= 11 is 0. The van der Waals surface area contributed by atoms with Gasteiger partial charge in [-0.3, -0.25) is 4.79 Å². The van der Waals surface area contributed by atoms with Crippen LogP contribution in [0, 0.1) is 5.41 Å². The van der Waals surface area contributed by atoms with Gasteiger partial charge in [-0.05, 0) is 114 Å². The number of oxazole rings is 1. The van der Waals surface area contributed by atoms with Crippen LogP contribution in [-0.4, -0.2) is 32.7 Å². The van der Waals surface area contributed by atoms with Gasteiger partial charge in [-0.25, -0.2) is 9.37 Å². The van der Waals surface area contributed by atoms with E-state index in [0.29, 0.717) is 31.1 Å². The summed E-state index contributed by atoms with van der Waals surface area (Å²) in [5, 5.41) is 4.33. The van der Waals surface area contributed by atoms with Crippen LogP contribution in [0.5, 0.6) is 0 Å². The fraction of sp³-hybridized carbons (Fsp3) is 0.647. The first-order valence-electron chi connectivity index (χ1n) is 16.3. The monoisotopic (exact) mass is 572 g/mol. The Kier molecular flexibility index (Phi) is 6.17. The lowest BCUT2D eigenvalue weighted by atomic mass is 9.51. The molecule has 0 spiro atoms. The maximum Gasteiger partial charge on any atom is 0.232 e. The first-order chi connectivity index (χ1) is 20.4. The van der Waals surface area contributed by atoms with E-state index in [1.165, 1.54) is 12.8 Å². The molecule has 0 N–H and O–H groups in total. The number of carbonyl (C=O) groups is 1. The number of halogens is 1. The largest absolute Gasteiger partial charge is 0.440 e. The number of aromatic nitrogens is 3. The number of hydrogen-bond acceptors (Lipinski definition) is 6. The summed E-state index contributed by atoms with van der Waals surface area (Å²) in [4.78, 5) is 25.5. The third-order valence-electron chi connectivity index (χ3n) is 11.6. The second kappa shape index (κ2) is 9.75. The van der Waals surface area contributed by atoms with Gasteiger partial charge in [0.05, 0.1) is 6.20 Å². The number of alkyl halides is 1. The van der Waals surface area contributed by atoms with Gasteiger partial charge in [-0.1, -0.05) is 17.3 Å². The summed E-state index contributed by atoms with van der Waals surface area (Å²) in [6, 6.07) is 8.08. The van der Waals surface area contributed by atoms with Crippen LogP contribution < -0.4 is 4.90 Å². The predicted molar refractivity (Wildman–Crippen MR) is 156 cm³/mol. The van der Waals surface area contributed by atoms with E-state index in [-0.39, 0.29) is 29.2 Å². The standard InChI is InChI=1S/C34H41FN4O3/c1-22(32-14-17-33(18-15-32,19-16-32)31-37-29(38-42-31)23-6-7-23)39(28(40)10-13-34(35)11-3-12-34)26-5-2-4-25(20-26)27-21-36-30(41-27)24-8-9-24/h2,4-5,20-24H,3,6-19H2,1H3. The van der Waals surface area contributed by atoms with Crippen molar-refractivity contribution in [3.8, 4) is 11.3 Å². The second-order valence-electron chi connectivity index (χ2n) is 14.2. The molecular weight excluding hydrogens is 531 g/mol. The van der Waals surface area contributed by atoms with E-state index in [1.807, 2.05) is 23.1 Å². The second-order valence-corrected chi connectivity index (χ2v) is 14.2. The molecule has 7 nitrogen and oxygen atoms in total. The number of nitrogens with zero attached hydrogens (tertiary/aromatic N) is 4. The summed E-state index contributed by atoms with van der Waals surface area (Å²) in [6.45, 7) is 2.22. The van der Waals surface area contributed by atoms with E-state index in [4.69, 9.17) is 13.9 Å². The summed E-state index contributed by atoms with van der Waals surface area (Å²) in [5.41, 5.74) is 0.570. The molecule has 0 radical (unpaired) electrons. The SMILES string of the molecule is CC(N(C(=O)CCC1(F)CCC1)c1cccc(-c2cnc(C3CC3)o2)c1)C12CCC(c3nc(C4CC4)no3)(CC1)CC2. The third-order valence-corrected chi connectivity index (χ3v) is 11.6. The van der Waals surface area contributed by atoms with Crippen LogP contribution >= 0.6 is 0 Å². The lowest BCUT2D eigenvalue weighted by molar-refractivity contribution is -0.121. The highest BCUT2D eigenvalue weighted by Crippen LogP contribution is 2.60. The minimum Gasteiger partial charge on any atom is -0.440 e. The zero-order valence-corrected chi connectivity index (χ0v) is 24.6. The average molecular weight is 573 g/mol. The minimum atomic E-state index is -1.18. The molecule has 6 aliphatic rings. The predicted octanol–water partition coefficient (Wildman–Crippen LogP) is 8.17. The number of anilines is 1. The Labute approximate surface area is 246 Å². The van der Waals surface area contributed by atoms with E-state index in [0.717, 1.165) is 92.4 Å². The van der Waals surface area contributed by atoms with Crippen molar-refractivity contribution in [1.82, 2.24) is 15.1 Å². The zero-order chi connectivity index (χ0) is 28.5. The maximum atomic E-state index is 15.0. The van der Waals surface area contributed by atoms with Gasteiger partial charge in [0.25, 0.3) is 0 Å². The molecule has 222 valence electrons. The highest BCUT2D eigenvalue weighted by Gasteiger charge is 2.56. The smallest absolute Gasteiger partial charge is 0.232 e. The van der Waals surface area contributed by atoms with Crippen LogP contribution in [0.4, 0.5) is 10.1 Å². The molecule has 2 aromatic heterocycles. The Morgan fingerprint density at radius 1 is 1.05 bits per heavy atom. The number of fused-ring (bicyclic) bond motifs is 3. The Balaban J connectivity index is 1.06. The normalized spacial score (nSPS) is 28.8. The van der Waals surface area contributed by atoms with Crippen molar-refractivity contribution in [2.75, 3.05) is 4.90 Å². The maximum absolute atomic E-state index is 15.0. The van der Waals surface area contributed by atoms with Crippen molar-refractivity contribution < 1.29 is 18.1 Å². The summed E-state index contributed by atoms with van der Waals surface area (Å²) in [6.07, 6.45) is 15.0. The molecule has 1 unspecified atom stereocenters. The molecule has 1 amide bonds. The highest BCUT2D eigenvalue weighted by molar-refractivity contribution is 5.94. The third kappa shape index (κ3) is 4.60. The van der Waals surface area contributed by atoms with Crippen molar-refractivity contribution in [3.63, 3.8) is 0 Å². The number of benzene rings is 1. The molecule has 0 saturated heterocycles. The van der Waals surface area contributed by atoms with Crippen molar-refractivity contribution in [3.05, 3.63) is 48.1 Å². The Morgan fingerprint density at radius 3 is 2.45 bits per heavy atom. The van der Waals surface area contributed by atoms with Crippen LogP contribution in [0.15, 0.2) is 39.4 Å². The Morgan fingerprint density at radius 2 is 1.79 bits per heavy atom. The molecule has 2 heterocycles. The number of hydrogen-bond donors (Lipinski definition) is 0. The minimum absolute atomic E-state index is 0.00199. The summed E-state index contributed by atoms with van der Waals surface area (Å²) in [5.74, 6) is 4.21.